The van der Waals surface area contributed by atoms with Crippen molar-refractivity contribution in [3.8, 4) is 11.1 Å². The van der Waals surface area contributed by atoms with Crippen LogP contribution in [0.4, 0.5) is 11.4 Å². The van der Waals surface area contributed by atoms with Crippen molar-refractivity contribution in [3.05, 3.63) is 48.5 Å². The van der Waals surface area contributed by atoms with Gasteiger partial charge in [0.05, 0.1) is 12.8 Å². The molecule has 23 heavy (non-hydrogen) atoms. The summed E-state index contributed by atoms with van der Waals surface area (Å²) in [5.41, 5.74) is 15.1. The van der Waals surface area contributed by atoms with Crippen LogP contribution in [0.25, 0.3) is 11.1 Å². The molecule has 0 saturated heterocycles. The molecule has 7 heteroatoms. The molecule has 2 aromatic carbocycles. The summed E-state index contributed by atoms with van der Waals surface area (Å²) in [6, 6.07) is 15.6. The van der Waals surface area contributed by atoms with Crippen LogP contribution in [0.1, 0.15) is 12.8 Å². The Kier molecular flexibility index (Phi) is 9.73. The average Bonchev–Trinajstić information content (AvgIpc) is 2.48. The zero-order valence-electron chi connectivity index (χ0n) is 11.9. The van der Waals surface area contributed by atoms with Crippen molar-refractivity contribution in [2.45, 2.75) is 12.8 Å². The van der Waals surface area contributed by atoms with Gasteiger partial charge in [-0.25, -0.2) is 0 Å². The molecule has 0 unspecified atom stereocenters. The minimum absolute atomic E-state index is 0. The molecule has 2 aromatic rings. The van der Waals surface area contributed by atoms with Crippen LogP contribution in [0.5, 0.6) is 0 Å². The number of nitrogen functional groups attached to an aromatic ring is 2. The summed E-state index contributed by atoms with van der Waals surface area (Å²) in [5.74, 6) is -2.15. The summed E-state index contributed by atoms with van der Waals surface area (Å²) in [6.07, 6.45) is -0.593. The second-order valence-electron chi connectivity index (χ2n) is 4.53. The van der Waals surface area contributed by atoms with Crippen molar-refractivity contribution in [2.24, 2.45) is 0 Å². The summed E-state index contributed by atoms with van der Waals surface area (Å²) < 4.78 is 0. The number of hydrogen-bond donors (Lipinski definition) is 4. The summed E-state index contributed by atoms with van der Waals surface area (Å²) in [4.78, 5) is 19.3. The van der Waals surface area contributed by atoms with E-state index in [1.165, 1.54) is 0 Å². The molecule has 2 rings (SSSR count). The van der Waals surface area contributed by atoms with Crippen molar-refractivity contribution < 1.29 is 19.8 Å². The number of nitrogens with two attached hydrogens (primary N) is 2. The fourth-order valence-electron chi connectivity index (χ4n) is 1.57. The van der Waals surface area contributed by atoms with Crippen LogP contribution in [0.15, 0.2) is 48.5 Å². The summed E-state index contributed by atoms with van der Waals surface area (Å²) in [7, 11) is 0. The van der Waals surface area contributed by atoms with Crippen LogP contribution in [-0.4, -0.2) is 51.7 Å². The molecule has 0 aliphatic carbocycles. The standard InChI is InChI=1S/C12H12N2.C4H6O4.Na.H/c13-11-5-1-9(2-6-11)10-3-7-12(14)8-4-10;5-3(6)1-2-4(7)8;;/h1-8H,13-14H2;1-2H2,(H,5,6)(H,7,8);;. The predicted octanol–water partition coefficient (Wildman–Crippen LogP) is 1.81. The van der Waals surface area contributed by atoms with Gasteiger partial charge in [-0.2, -0.15) is 0 Å². The van der Waals surface area contributed by atoms with Gasteiger partial charge in [0.15, 0.2) is 0 Å². The molecular weight excluding hydrogens is 307 g/mol. The average molecular weight is 326 g/mol. The summed E-state index contributed by atoms with van der Waals surface area (Å²) >= 11 is 0. The number of benzene rings is 2. The van der Waals surface area contributed by atoms with Crippen LogP contribution in [0, 0.1) is 0 Å². The van der Waals surface area contributed by atoms with E-state index in [0.29, 0.717) is 0 Å². The number of hydrogen-bond acceptors (Lipinski definition) is 4. The Labute approximate surface area is 156 Å². The molecule has 0 bridgehead atoms. The molecule has 0 fully saturated rings. The van der Waals surface area contributed by atoms with E-state index in [9.17, 15) is 9.59 Å². The molecule has 0 atom stereocenters. The van der Waals surface area contributed by atoms with Crippen LogP contribution >= 0.6 is 0 Å². The van der Waals surface area contributed by atoms with Gasteiger partial charge in [-0.1, -0.05) is 24.3 Å². The summed E-state index contributed by atoms with van der Waals surface area (Å²) in [5, 5.41) is 15.8. The van der Waals surface area contributed by atoms with Crippen LogP contribution in [0.2, 0.25) is 0 Å². The molecule has 6 N–H and O–H groups in total. The van der Waals surface area contributed by atoms with Crippen LogP contribution in [0.3, 0.4) is 0 Å². The third-order valence-corrected chi connectivity index (χ3v) is 2.71. The Morgan fingerprint density at radius 3 is 1.17 bits per heavy atom. The van der Waals surface area contributed by atoms with E-state index in [1.807, 2.05) is 48.5 Å². The van der Waals surface area contributed by atoms with Gasteiger partial charge in [-0.05, 0) is 35.4 Å². The molecule has 0 aromatic heterocycles. The Morgan fingerprint density at radius 2 is 0.957 bits per heavy atom. The molecular formula is C16H19N2NaO4. The SMILES string of the molecule is Nc1ccc(-c2ccc(N)cc2)cc1.O=C(O)CCC(=O)O.[NaH]. The van der Waals surface area contributed by atoms with Crippen molar-refractivity contribution >= 4 is 52.9 Å². The topological polar surface area (TPSA) is 127 Å². The van der Waals surface area contributed by atoms with E-state index in [-0.39, 0.29) is 42.4 Å². The first-order chi connectivity index (χ1) is 10.4. The van der Waals surface area contributed by atoms with E-state index in [0.717, 1.165) is 22.5 Å². The monoisotopic (exact) mass is 326 g/mol. The van der Waals surface area contributed by atoms with Crippen molar-refractivity contribution in [3.63, 3.8) is 0 Å². The number of carbonyl (C=O) groups is 2. The van der Waals surface area contributed by atoms with Crippen LogP contribution in [-0.2, 0) is 9.59 Å². The molecule has 0 amide bonds. The van der Waals surface area contributed by atoms with Crippen molar-refractivity contribution in [1.82, 2.24) is 0 Å². The van der Waals surface area contributed by atoms with Gasteiger partial charge in [0.1, 0.15) is 0 Å². The fraction of sp³-hybridized carbons (Fsp3) is 0.125. The molecule has 0 saturated carbocycles. The maximum absolute atomic E-state index is 9.64. The van der Waals surface area contributed by atoms with Gasteiger partial charge in [-0.3, -0.25) is 9.59 Å². The Bertz CT molecular complexity index is 570. The van der Waals surface area contributed by atoms with Gasteiger partial charge in [-0.15, -0.1) is 0 Å². The van der Waals surface area contributed by atoms with E-state index in [2.05, 4.69) is 0 Å². The molecule has 118 valence electrons. The van der Waals surface area contributed by atoms with Crippen molar-refractivity contribution in [2.75, 3.05) is 11.5 Å². The molecule has 0 spiro atoms. The number of carboxylic acid groups (broad SMARTS) is 2. The van der Waals surface area contributed by atoms with Gasteiger partial charge in [0, 0.05) is 11.4 Å². The number of aliphatic carboxylic acids is 2. The van der Waals surface area contributed by atoms with Gasteiger partial charge in [0.25, 0.3) is 0 Å². The Hall–Kier alpha value is -2.02. The van der Waals surface area contributed by atoms with Crippen molar-refractivity contribution in [1.29, 1.82) is 0 Å². The zero-order valence-corrected chi connectivity index (χ0v) is 11.9. The third-order valence-electron chi connectivity index (χ3n) is 2.71. The second kappa shape index (κ2) is 10.7. The first kappa shape index (κ1) is 21.0. The molecule has 6 nitrogen and oxygen atoms in total. The predicted molar refractivity (Wildman–Crippen MR) is 92.4 cm³/mol. The third kappa shape index (κ3) is 8.87. The minimum atomic E-state index is -1.08. The fourth-order valence-corrected chi connectivity index (χ4v) is 1.57. The molecule has 0 radical (unpaired) electrons. The summed E-state index contributed by atoms with van der Waals surface area (Å²) in [6.45, 7) is 0. The van der Waals surface area contributed by atoms with Gasteiger partial charge >= 0.3 is 41.5 Å². The van der Waals surface area contributed by atoms with Gasteiger partial charge in [0.2, 0.25) is 0 Å². The zero-order chi connectivity index (χ0) is 16.5. The number of rotatable bonds is 4. The molecule has 0 aliphatic rings. The normalized spacial score (nSPS) is 9.04. The Balaban J connectivity index is 0.000000469. The first-order valence-corrected chi connectivity index (χ1v) is 6.53. The second-order valence-corrected chi connectivity index (χ2v) is 4.53. The van der Waals surface area contributed by atoms with E-state index in [1.54, 1.807) is 0 Å². The maximum atomic E-state index is 9.64. The quantitative estimate of drug-likeness (QED) is 0.501. The van der Waals surface area contributed by atoms with E-state index >= 15 is 0 Å². The molecule has 0 aliphatic heterocycles. The van der Waals surface area contributed by atoms with E-state index in [4.69, 9.17) is 21.7 Å². The number of anilines is 2. The van der Waals surface area contributed by atoms with Gasteiger partial charge < -0.3 is 21.7 Å². The number of carboxylic acids is 2. The van der Waals surface area contributed by atoms with Crippen LogP contribution < -0.4 is 11.5 Å². The molecule has 0 heterocycles. The Morgan fingerprint density at radius 1 is 0.696 bits per heavy atom. The first-order valence-electron chi connectivity index (χ1n) is 6.53. The van der Waals surface area contributed by atoms with E-state index < -0.39 is 11.9 Å².